The molecule has 2 N–H and O–H groups in total. The molecule has 16 heavy (non-hydrogen) atoms. The Labute approximate surface area is 93.5 Å². The number of halogens is 3. The number of nitrogens with two attached hydrogens (primary N) is 1. The second-order valence-corrected chi connectivity index (χ2v) is 4.11. The Morgan fingerprint density at radius 2 is 1.88 bits per heavy atom. The summed E-state index contributed by atoms with van der Waals surface area (Å²) in [5, 5.41) is 0. The van der Waals surface area contributed by atoms with E-state index >= 15 is 0 Å². The van der Waals surface area contributed by atoms with Gasteiger partial charge in [0.05, 0.1) is 5.92 Å². The molecule has 0 aliphatic carbocycles. The summed E-state index contributed by atoms with van der Waals surface area (Å²) in [6.07, 6.45) is -4.25. The quantitative estimate of drug-likeness (QED) is 0.850. The lowest BCUT2D eigenvalue weighted by Crippen LogP contribution is -2.32. The van der Waals surface area contributed by atoms with Crippen LogP contribution in [-0.2, 0) is 6.42 Å². The van der Waals surface area contributed by atoms with Gasteiger partial charge in [-0.3, -0.25) is 0 Å². The van der Waals surface area contributed by atoms with Crippen molar-refractivity contribution in [2.45, 2.75) is 26.4 Å². The Morgan fingerprint density at radius 3 is 2.38 bits per heavy atom. The van der Waals surface area contributed by atoms with Gasteiger partial charge in [0.15, 0.2) is 0 Å². The van der Waals surface area contributed by atoms with E-state index in [1.165, 1.54) is 0 Å². The van der Waals surface area contributed by atoms with Gasteiger partial charge in [0.2, 0.25) is 0 Å². The van der Waals surface area contributed by atoms with Crippen LogP contribution in [0.3, 0.4) is 0 Å². The first-order valence-corrected chi connectivity index (χ1v) is 5.17. The fourth-order valence-electron chi connectivity index (χ4n) is 1.62. The van der Waals surface area contributed by atoms with E-state index in [4.69, 9.17) is 5.73 Å². The van der Waals surface area contributed by atoms with Crippen molar-refractivity contribution in [3.8, 4) is 0 Å². The van der Waals surface area contributed by atoms with Crippen molar-refractivity contribution < 1.29 is 13.2 Å². The third-order valence-corrected chi connectivity index (χ3v) is 2.72. The minimum atomic E-state index is -4.22. The van der Waals surface area contributed by atoms with Gasteiger partial charge >= 0.3 is 6.18 Å². The summed E-state index contributed by atoms with van der Waals surface area (Å²) < 4.78 is 37.7. The molecular formula is C12H16F3N. The predicted octanol–water partition coefficient (Wildman–Crippen LogP) is 2.98. The molecule has 0 spiro atoms. The maximum atomic E-state index is 12.6. The Bertz CT molecular complexity index is 358. The summed E-state index contributed by atoms with van der Waals surface area (Å²) >= 11 is 0. The number of hydrogen-bond acceptors (Lipinski definition) is 1. The summed E-state index contributed by atoms with van der Waals surface area (Å²) in [7, 11) is 0. The molecule has 0 radical (unpaired) electrons. The van der Waals surface area contributed by atoms with Crippen molar-refractivity contribution in [3.05, 3.63) is 34.9 Å². The molecule has 0 saturated carbocycles. The van der Waals surface area contributed by atoms with E-state index in [1.54, 1.807) is 6.07 Å². The smallest absolute Gasteiger partial charge is 0.330 e. The molecule has 4 heteroatoms. The zero-order valence-corrected chi connectivity index (χ0v) is 9.43. The second-order valence-electron chi connectivity index (χ2n) is 4.11. The first kappa shape index (κ1) is 13.0. The molecule has 0 bridgehead atoms. The molecule has 0 heterocycles. The highest BCUT2D eigenvalue weighted by molar-refractivity contribution is 5.30. The molecule has 0 aliphatic rings. The lowest BCUT2D eigenvalue weighted by Gasteiger charge is -2.19. The predicted molar refractivity (Wildman–Crippen MR) is 58.2 cm³/mol. The molecule has 1 rings (SSSR count). The Kier molecular flexibility index (Phi) is 3.97. The van der Waals surface area contributed by atoms with Gasteiger partial charge in [-0.2, -0.15) is 13.2 Å². The maximum absolute atomic E-state index is 12.6. The molecular weight excluding hydrogens is 215 g/mol. The van der Waals surface area contributed by atoms with E-state index in [9.17, 15) is 13.2 Å². The van der Waals surface area contributed by atoms with Gasteiger partial charge in [0.25, 0.3) is 0 Å². The molecule has 1 atom stereocenters. The van der Waals surface area contributed by atoms with Crippen molar-refractivity contribution in [2.75, 3.05) is 6.54 Å². The van der Waals surface area contributed by atoms with E-state index in [-0.39, 0.29) is 13.0 Å². The van der Waals surface area contributed by atoms with Crippen LogP contribution in [0.25, 0.3) is 0 Å². The highest BCUT2D eigenvalue weighted by atomic mass is 19.4. The van der Waals surface area contributed by atoms with E-state index in [0.717, 1.165) is 16.7 Å². The van der Waals surface area contributed by atoms with E-state index in [2.05, 4.69) is 0 Å². The molecule has 0 aliphatic heterocycles. The largest absolute Gasteiger partial charge is 0.393 e. The van der Waals surface area contributed by atoms with Crippen LogP contribution in [0.2, 0.25) is 0 Å². The number of hydrogen-bond donors (Lipinski definition) is 1. The molecule has 1 aromatic carbocycles. The molecule has 0 aromatic heterocycles. The van der Waals surface area contributed by atoms with Crippen molar-refractivity contribution in [1.29, 1.82) is 0 Å². The van der Waals surface area contributed by atoms with Gasteiger partial charge in [-0.1, -0.05) is 23.8 Å². The van der Waals surface area contributed by atoms with Crippen molar-refractivity contribution >= 4 is 0 Å². The maximum Gasteiger partial charge on any atom is 0.393 e. The van der Waals surface area contributed by atoms with E-state index in [0.29, 0.717) is 0 Å². The van der Waals surface area contributed by atoms with Crippen molar-refractivity contribution in [2.24, 2.45) is 11.7 Å². The van der Waals surface area contributed by atoms with Gasteiger partial charge in [0.1, 0.15) is 0 Å². The topological polar surface area (TPSA) is 26.0 Å². The lowest BCUT2D eigenvalue weighted by atomic mass is 9.94. The average Bonchev–Trinajstić information content (AvgIpc) is 2.17. The first-order valence-electron chi connectivity index (χ1n) is 5.17. The normalized spacial score (nSPS) is 13.9. The molecule has 0 fully saturated rings. The van der Waals surface area contributed by atoms with Crippen LogP contribution in [0.15, 0.2) is 18.2 Å². The number of rotatable bonds is 3. The fraction of sp³-hybridized carbons (Fsp3) is 0.500. The lowest BCUT2D eigenvalue weighted by molar-refractivity contribution is -0.171. The molecule has 1 aromatic rings. The summed E-state index contributed by atoms with van der Waals surface area (Å²) in [6.45, 7) is 3.32. The molecule has 90 valence electrons. The monoisotopic (exact) mass is 231 g/mol. The zero-order valence-electron chi connectivity index (χ0n) is 9.43. The fourth-order valence-corrected chi connectivity index (χ4v) is 1.62. The van der Waals surface area contributed by atoms with Crippen LogP contribution in [0.5, 0.6) is 0 Å². The van der Waals surface area contributed by atoms with Crippen LogP contribution >= 0.6 is 0 Å². The summed E-state index contributed by atoms with van der Waals surface area (Å²) in [6, 6.07) is 5.53. The van der Waals surface area contributed by atoms with E-state index < -0.39 is 12.1 Å². The third kappa shape index (κ3) is 3.23. The third-order valence-electron chi connectivity index (χ3n) is 2.72. The number of benzene rings is 1. The molecule has 0 amide bonds. The Balaban J connectivity index is 2.90. The Hall–Kier alpha value is -1.03. The minimum Gasteiger partial charge on any atom is -0.330 e. The van der Waals surface area contributed by atoms with Gasteiger partial charge in [-0.05, 0) is 31.4 Å². The average molecular weight is 231 g/mol. The Morgan fingerprint density at radius 1 is 1.25 bits per heavy atom. The second kappa shape index (κ2) is 4.87. The number of alkyl halides is 3. The highest BCUT2D eigenvalue weighted by Crippen LogP contribution is 2.29. The van der Waals surface area contributed by atoms with Crippen molar-refractivity contribution in [3.63, 3.8) is 0 Å². The standard InChI is InChI=1S/C12H16F3N/c1-8-3-4-9(2)10(5-8)6-11(7-16)12(13,14)15/h3-5,11H,6-7,16H2,1-2H3. The molecule has 1 unspecified atom stereocenters. The van der Waals surface area contributed by atoms with Crippen LogP contribution in [0.4, 0.5) is 13.2 Å². The van der Waals surface area contributed by atoms with E-state index in [1.807, 2.05) is 26.0 Å². The summed E-state index contributed by atoms with van der Waals surface area (Å²) in [5.41, 5.74) is 7.76. The summed E-state index contributed by atoms with van der Waals surface area (Å²) in [4.78, 5) is 0. The van der Waals surface area contributed by atoms with Gasteiger partial charge in [-0.25, -0.2) is 0 Å². The van der Waals surface area contributed by atoms with Crippen molar-refractivity contribution in [1.82, 2.24) is 0 Å². The first-order chi connectivity index (χ1) is 7.34. The molecule has 1 nitrogen and oxygen atoms in total. The zero-order chi connectivity index (χ0) is 12.3. The minimum absolute atomic E-state index is 0.0342. The SMILES string of the molecule is Cc1ccc(C)c(CC(CN)C(F)(F)F)c1. The van der Waals surface area contributed by atoms with Gasteiger partial charge in [0, 0.05) is 6.54 Å². The highest BCUT2D eigenvalue weighted by Gasteiger charge is 2.38. The van der Waals surface area contributed by atoms with Crippen LogP contribution < -0.4 is 5.73 Å². The number of aryl methyl sites for hydroxylation is 2. The van der Waals surface area contributed by atoms with Gasteiger partial charge < -0.3 is 5.73 Å². The van der Waals surface area contributed by atoms with Crippen LogP contribution in [-0.4, -0.2) is 12.7 Å². The van der Waals surface area contributed by atoms with Gasteiger partial charge in [-0.15, -0.1) is 0 Å². The van der Waals surface area contributed by atoms with Crippen LogP contribution in [0, 0.1) is 19.8 Å². The van der Waals surface area contributed by atoms with Crippen LogP contribution in [0.1, 0.15) is 16.7 Å². The summed E-state index contributed by atoms with van der Waals surface area (Å²) in [5.74, 6) is -1.45. The molecule has 0 saturated heterocycles.